The largest absolute Gasteiger partial charge is 0.464 e. The molecule has 0 aromatic rings. The zero-order valence-corrected chi connectivity index (χ0v) is 17.3. The highest BCUT2D eigenvalue weighted by Gasteiger charge is 2.34. The quantitative estimate of drug-likeness (QED) is 0.278. The maximum Gasteiger partial charge on any atom is 0.328 e. The molecule has 1 fully saturated rings. The molecule has 4 heteroatoms. The Balaban J connectivity index is 2.09. The number of amides is 1. The van der Waals surface area contributed by atoms with Crippen molar-refractivity contribution in [2.24, 2.45) is 0 Å². The zero-order valence-electron chi connectivity index (χ0n) is 17.3. The fourth-order valence-corrected chi connectivity index (χ4v) is 3.66. The Kier molecular flexibility index (Phi) is 13.3. The Morgan fingerprint density at radius 1 is 0.846 bits per heavy atom. The fourth-order valence-electron chi connectivity index (χ4n) is 3.66. The van der Waals surface area contributed by atoms with Crippen molar-refractivity contribution in [3.05, 3.63) is 0 Å². The Hall–Kier alpha value is -1.06. The van der Waals surface area contributed by atoms with Gasteiger partial charge in [-0.15, -0.1) is 0 Å². The molecule has 1 rings (SSSR count). The molecular weight excluding hydrogens is 326 g/mol. The van der Waals surface area contributed by atoms with E-state index in [-0.39, 0.29) is 17.9 Å². The lowest BCUT2D eigenvalue weighted by Gasteiger charge is -2.23. The molecule has 1 atom stereocenters. The Morgan fingerprint density at radius 2 is 1.42 bits per heavy atom. The predicted molar refractivity (Wildman–Crippen MR) is 107 cm³/mol. The number of unbranched alkanes of at least 4 members (excludes halogenated alkanes) is 10. The van der Waals surface area contributed by atoms with Crippen molar-refractivity contribution >= 4 is 11.9 Å². The van der Waals surface area contributed by atoms with Gasteiger partial charge in [0.25, 0.3) is 0 Å². The molecule has 0 N–H and O–H groups in total. The van der Waals surface area contributed by atoms with E-state index in [1.807, 2.05) is 0 Å². The minimum atomic E-state index is -0.331. The molecule has 1 amide bonds. The number of hydrogen-bond donors (Lipinski definition) is 0. The minimum absolute atomic E-state index is 0.126. The van der Waals surface area contributed by atoms with Gasteiger partial charge >= 0.3 is 5.97 Å². The highest BCUT2D eigenvalue weighted by atomic mass is 16.5. The number of ether oxygens (including phenoxy) is 1. The van der Waals surface area contributed by atoms with Gasteiger partial charge in [-0.3, -0.25) is 4.79 Å². The smallest absolute Gasteiger partial charge is 0.328 e. The van der Waals surface area contributed by atoms with E-state index in [0.717, 1.165) is 44.9 Å². The molecule has 26 heavy (non-hydrogen) atoms. The number of carbonyl (C=O) groups excluding carboxylic acids is 2. The van der Waals surface area contributed by atoms with Crippen LogP contribution in [-0.4, -0.2) is 36.0 Å². The van der Waals surface area contributed by atoms with Crippen LogP contribution in [0.25, 0.3) is 0 Å². The standard InChI is InChI=1S/C22H41NO3/c1-3-5-7-8-9-10-11-12-14-19-26-22(25)20-16-15-18-23(20)21(24)17-13-6-4-2/h20H,3-19H2,1-2H3. The van der Waals surface area contributed by atoms with Gasteiger partial charge in [-0.05, 0) is 25.7 Å². The van der Waals surface area contributed by atoms with Crippen LogP contribution >= 0.6 is 0 Å². The number of nitrogens with zero attached hydrogens (tertiary/aromatic N) is 1. The molecule has 0 radical (unpaired) electrons. The first-order valence-electron chi connectivity index (χ1n) is 11.2. The van der Waals surface area contributed by atoms with Gasteiger partial charge in [-0.25, -0.2) is 4.79 Å². The number of carbonyl (C=O) groups is 2. The lowest BCUT2D eigenvalue weighted by atomic mass is 10.1. The van der Waals surface area contributed by atoms with Crippen LogP contribution < -0.4 is 0 Å². The highest BCUT2D eigenvalue weighted by Crippen LogP contribution is 2.20. The van der Waals surface area contributed by atoms with Gasteiger partial charge in [-0.2, -0.15) is 0 Å². The first kappa shape index (κ1) is 23.0. The monoisotopic (exact) mass is 367 g/mol. The second-order valence-corrected chi connectivity index (χ2v) is 7.70. The molecule has 4 nitrogen and oxygen atoms in total. The molecule has 152 valence electrons. The zero-order chi connectivity index (χ0) is 19.0. The molecule has 1 heterocycles. The van der Waals surface area contributed by atoms with Crippen molar-refractivity contribution in [1.29, 1.82) is 0 Å². The van der Waals surface area contributed by atoms with E-state index in [0.29, 0.717) is 19.6 Å². The minimum Gasteiger partial charge on any atom is -0.464 e. The van der Waals surface area contributed by atoms with Gasteiger partial charge in [0.05, 0.1) is 6.61 Å². The van der Waals surface area contributed by atoms with Crippen LogP contribution in [0.5, 0.6) is 0 Å². The van der Waals surface area contributed by atoms with Crippen molar-refractivity contribution < 1.29 is 14.3 Å². The molecule has 1 aliphatic heterocycles. The average molecular weight is 368 g/mol. The van der Waals surface area contributed by atoms with Gasteiger partial charge in [0.15, 0.2) is 0 Å². The predicted octanol–water partition coefficient (Wildman–Crippen LogP) is 5.63. The van der Waals surface area contributed by atoms with E-state index in [2.05, 4.69) is 13.8 Å². The van der Waals surface area contributed by atoms with E-state index < -0.39 is 0 Å². The molecule has 0 bridgehead atoms. The topological polar surface area (TPSA) is 46.6 Å². The molecule has 1 unspecified atom stereocenters. The second-order valence-electron chi connectivity index (χ2n) is 7.70. The van der Waals surface area contributed by atoms with Crippen LogP contribution in [0.15, 0.2) is 0 Å². The van der Waals surface area contributed by atoms with Gasteiger partial charge < -0.3 is 9.64 Å². The summed E-state index contributed by atoms with van der Waals surface area (Å²) in [5.41, 5.74) is 0. The summed E-state index contributed by atoms with van der Waals surface area (Å²) in [6.45, 7) is 5.59. The van der Waals surface area contributed by atoms with E-state index in [9.17, 15) is 9.59 Å². The van der Waals surface area contributed by atoms with Crippen molar-refractivity contribution in [1.82, 2.24) is 4.90 Å². The summed E-state index contributed by atoms with van der Waals surface area (Å²) in [7, 11) is 0. The third-order valence-corrected chi connectivity index (χ3v) is 5.33. The van der Waals surface area contributed by atoms with Crippen molar-refractivity contribution in [3.63, 3.8) is 0 Å². The number of hydrogen-bond acceptors (Lipinski definition) is 3. The summed E-state index contributed by atoms with van der Waals surface area (Å²) >= 11 is 0. The molecule has 1 aliphatic rings. The summed E-state index contributed by atoms with van der Waals surface area (Å²) in [5.74, 6) is -0.0631. The van der Waals surface area contributed by atoms with Crippen LogP contribution in [0.2, 0.25) is 0 Å². The lowest BCUT2D eigenvalue weighted by Crippen LogP contribution is -2.41. The third-order valence-electron chi connectivity index (χ3n) is 5.33. The lowest BCUT2D eigenvalue weighted by molar-refractivity contribution is -0.153. The molecule has 1 saturated heterocycles. The normalized spacial score (nSPS) is 16.8. The third kappa shape index (κ3) is 9.59. The number of likely N-dealkylation sites (tertiary alicyclic amines) is 1. The molecule has 0 aromatic carbocycles. The van der Waals surface area contributed by atoms with Crippen molar-refractivity contribution in [2.45, 2.75) is 116 Å². The highest BCUT2D eigenvalue weighted by molar-refractivity contribution is 5.85. The van der Waals surface area contributed by atoms with Crippen LogP contribution in [0.4, 0.5) is 0 Å². The maximum atomic E-state index is 12.3. The number of esters is 1. The Morgan fingerprint density at radius 3 is 2.08 bits per heavy atom. The van der Waals surface area contributed by atoms with Crippen LogP contribution in [0, 0.1) is 0 Å². The summed E-state index contributed by atoms with van der Waals surface area (Å²) in [5, 5.41) is 0. The van der Waals surface area contributed by atoms with Crippen LogP contribution in [0.1, 0.15) is 110 Å². The van der Waals surface area contributed by atoms with Crippen molar-refractivity contribution in [2.75, 3.05) is 13.2 Å². The summed E-state index contributed by atoms with van der Waals surface area (Å²) in [6, 6.07) is -0.331. The molecule has 0 saturated carbocycles. The van der Waals surface area contributed by atoms with Gasteiger partial charge in [0, 0.05) is 13.0 Å². The first-order valence-corrected chi connectivity index (χ1v) is 11.2. The van der Waals surface area contributed by atoms with E-state index >= 15 is 0 Å². The van der Waals surface area contributed by atoms with Gasteiger partial charge in [0.2, 0.25) is 5.91 Å². The SMILES string of the molecule is CCCCCCCCCCCOC(=O)C1CCCN1C(=O)CCCCC. The van der Waals surface area contributed by atoms with Crippen LogP contribution in [-0.2, 0) is 14.3 Å². The van der Waals surface area contributed by atoms with Gasteiger partial charge in [-0.1, -0.05) is 78.1 Å². The van der Waals surface area contributed by atoms with Crippen LogP contribution in [0.3, 0.4) is 0 Å². The van der Waals surface area contributed by atoms with E-state index in [1.165, 1.54) is 44.9 Å². The fraction of sp³-hybridized carbons (Fsp3) is 0.909. The molecular formula is C22H41NO3. The first-order chi connectivity index (χ1) is 12.7. The summed E-state index contributed by atoms with van der Waals surface area (Å²) in [6.07, 6.45) is 16.6. The molecule has 0 aromatic heterocycles. The maximum absolute atomic E-state index is 12.3. The van der Waals surface area contributed by atoms with Crippen molar-refractivity contribution in [3.8, 4) is 0 Å². The average Bonchev–Trinajstić information content (AvgIpc) is 3.13. The number of rotatable bonds is 15. The Bertz CT molecular complexity index is 384. The molecule has 0 spiro atoms. The van der Waals surface area contributed by atoms with E-state index in [4.69, 9.17) is 4.74 Å². The van der Waals surface area contributed by atoms with E-state index in [1.54, 1.807) is 4.90 Å². The summed E-state index contributed by atoms with van der Waals surface area (Å²) < 4.78 is 5.46. The second kappa shape index (κ2) is 15.0. The Labute approximate surface area is 161 Å². The van der Waals surface area contributed by atoms with Gasteiger partial charge in [0.1, 0.15) is 6.04 Å². The summed E-state index contributed by atoms with van der Waals surface area (Å²) in [4.78, 5) is 26.4. The molecule has 0 aliphatic carbocycles.